The monoisotopic (exact) mass is 294 g/mol. The normalized spacial score (nSPS) is 23.7. The molecule has 20 heavy (non-hydrogen) atoms. The van der Waals surface area contributed by atoms with Crippen LogP contribution in [-0.4, -0.2) is 40.1 Å². The number of aromatic nitrogens is 1. The summed E-state index contributed by atoms with van der Waals surface area (Å²) in [4.78, 5) is 19.9. The lowest BCUT2D eigenvalue weighted by Crippen LogP contribution is -2.37. The van der Waals surface area contributed by atoms with Crippen LogP contribution < -0.4 is 0 Å². The molecule has 1 aliphatic heterocycles. The van der Waals surface area contributed by atoms with Gasteiger partial charge in [-0.25, -0.2) is 4.98 Å². The Labute approximate surface area is 123 Å². The van der Waals surface area contributed by atoms with Crippen LogP contribution in [0.4, 0.5) is 0 Å². The highest BCUT2D eigenvalue weighted by Gasteiger charge is 2.32. The van der Waals surface area contributed by atoms with Crippen molar-refractivity contribution in [1.82, 2.24) is 9.88 Å². The topological polar surface area (TPSA) is 53.4 Å². The van der Waals surface area contributed by atoms with E-state index in [1.54, 1.807) is 11.3 Å². The zero-order valence-electron chi connectivity index (χ0n) is 12.0. The second-order valence-electron chi connectivity index (χ2n) is 5.93. The minimum Gasteiger partial charge on any atom is -0.394 e. The third-order valence-electron chi connectivity index (χ3n) is 4.56. The smallest absolute Gasteiger partial charge is 0.266 e. The van der Waals surface area contributed by atoms with Crippen LogP contribution in [0.5, 0.6) is 0 Å². The van der Waals surface area contributed by atoms with Gasteiger partial charge in [-0.3, -0.25) is 4.79 Å². The summed E-state index contributed by atoms with van der Waals surface area (Å²) in [6.45, 7) is 2.77. The van der Waals surface area contributed by atoms with E-state index in [1.165, 1.54) is 25.7 Å². The highest BCUT2D eigenvalue weighted by Crippen LogP contribution is 2.37. The molecule has 3 rings (SSSR count). The summed E-state index contributed by atoms with van der Waals surface area (Å²) >= 11 is 1.58. The van der Waals surface area contributed by atoms with E-state index in [2.05, 4.69) is 4.98 Å². The van der Waals surface area contributed by atoms with E-state index in [1.807, 2.05) is 11.8 Å². The Balaban J connectivity index is 1.80. The molecule has 1 aromatic rings. The van der Waals surface area contributed by atoms with Crippen molar-refractivity contribution in [2.24, 2.45) is 0 Å². The van der Waals surface area contributed by atoms with Crippen molar-refractivity contribution in [1.29, 1.82) is 0 Å². The maximum absolute atomic E-state index is 12.7. The SMILES string of the molecule is Cc1nc(C2CCCC2)sc1C(=O)N1CCC[C@@H]1CO. The fourth-order valence-corrected chi connectivity index (χ4v) is 4.58. The van der Waals surface area contributed by atoms with Crippen molar-refractivity contribution in [2.45, 2.75) is 57.4 Å². The quantitative estimate of drug-likeness (QED) is 0.932. The van der Waals surface area contributed by atoms with Gasteiger partial charge in [0.1, 0.15) is 4.88 Å². The molecule has 0 spiro atoms. The highest BCUT2D eigenvalue weighted by molar-refractivity contribution is 7.13. The number of amides is 1. The van der Waals surface area contributed by atoms with Gasteiger partial charge in [-0.15, -0.1) is 11.3 Å². The number of aryl methyl sites for hydroxylation is 1. The predicted octanol–water partition coefficient (Wildman–Crippen LogP) is 2.71. The molecule has 1 aromatic heterocycles. The third-order valence-corrected chi connectivity index (χ3v) is 5.87. The molecule has 2 aliphatic rings. The number of aliphatic hydroxyl groups excluding tert-OH is 1. The number of thiazole rings is 1. The Morgan fingerprint density at radius 3 is 2.80 bits per heavy atom. The minimum atomic E-state index is -0.000990. The Bertz CT molecular complexity index is 494. The Kier molecular flexibility index (Phi) is 4.08. The molecule has 0 unspecified atom stereocenters. The fraction of sp³-hybridized carbons (Fsp3) is 0.733. The minimum absolute atomic E-state index is 0.000990. The van der Waals surface area contributed by atoms with E-state index >= 15 is 0 Å². The second kappa shape index (κ2) is 5.82. The zero-order chi connectivity index (χ0) is 14.1. The largest absolute Gasteiger partial charge is 0.394 e. The van der Waals surface area contributed by atoms with Gasteiger partial charge >= 0.3 is 0 Å². The molecule has 4 nitrogen and oxygen atoms in total. The molecule has 2 fully saturated rings. The number of nitrogens with zero attached hydrogens (tertiary/aromatic N) is 2. The maximum atomic E-state index is 12.7. The standard InChI is InChI=1S/C15H22N2O2S/c1-10-13(15(19)17-8-4-7-12(17)9-18)20-14(16-10)11-5-2-3-6-11/h11-12,18H,2-9H2,1H3/t12-/m1/s1. The molecule has 1 N–H and O–H groups in total. The van der Waals surface area contributed by atoms with Gasteiger partial charge in [0, 0.05) is 12.5 Å². The van der Waals surface area contributed by atoms with Crippen LogP contribution >= 0.6 is 11.3 Å². The first-order valence-electron chi connectivity index (χ1n) is 7.60. The van der Waals surface area contributed by atoms with Crippen LogP contribution in [0.25, 0.3) is 0 Å². The van der Waals surface area contributed by atoms with Gasteiger partial charge in [0.25, 0.3) is 5.91 Å². The number of hydrogen-bond donors (Lipinski definition) is 1. The van der Waals surface area contributed by atoms with Crippen molar-refractivity contribution >= 4 is 17.2 Å². The van der Waals surface area contributed by atoms with Crippen molar-refractivity contribution in [3.8, 4) is 0 Å². The lowest BCUT2D eigenvalue weighted by Gasteiger charge is -2.22. The Morgan fingerprint density at radius 1 is 1.35 bits per heavy atom. The van der Waals surface area contributed by atoms with Crippen molar-refractivity contribution in [2.75, 3.05) is 13.2 Å². The molecule has 0 radical (unpaired) electrons. The second-order valence-corrected chi connectivity index (χ2v) is 6.96. The third kappa shape index (κ3) is 2.49. The van der Waals surface area contributed by atoms with Gasteiger partial charge in [-0.1, -0.05) is 12.8 Å². The molecular formula is C15H22N2O2S. The van der Waals surface area contributed by atoms with Crippen LogP contribution in [0, 0.1) is 6.92 Å². The van der Waals surface area contributed by atoms with E-state index in [4.69, 9.17) is 0 Å². The number of rotatable bonds is 3. The van der Waals surface area contributed by atoms with Crippen molar-refractivity contribution < 1.29 is 9.90 Å². The fourth-order valence-electron chi connectivity index (χ4n) is 3.39. The molecule has 5 heteroatoms. The van der Waals surface area contributed by atoms with Gasteiger partial charge in [0.15, 0.2) is 0 Å². The van der Waals surface area contributed by atoms with Gasteiger partial charge in [-0.2, -0.15) is 0 Å². The van der Waals surface area contributed by atoms with E-state index in [0.29, 0.717) is 5.92 Å². The number of carbonyl (C=O) groups is 1. The molecule has 1 amide bonds. The first kappa shape index (κ1) is 14.0. The number of aliphatic hydroxyl groups is 1. The number of carbonyl (C=O) groups excluding carboxylic acids is 1. The van der Waals surface area contributed by atoms with E-state index in [0.717, 1.165) is 35.0 Å². The van der Waals surface area contributed by atoms with E-state index in [-0.39, 0.29) is 18.6 Å². The number of likely N-dealkylation sites (tertiary alicyclic amines) is 1. The van der Waals surface area contributed by atoms with Crippen LogP contribution in [0.3, 0.4) is 0 Å². The summed E-state index contributed by atoms with van der Waals surface area (Å²) < 4.78 is 0. The van der Waals surface area contributed by atoms with Crippen molar-refractivity contribution in [3.63, 3.8) is 0 Å². The summed E-state index contributed by atoms with van der Waals surface area (Å²) in [6.07, 6.45) is 6.89. The molecule has 110 valence electrons. The van der Waals surface area contributed by atoms with E-state index in [9.17, 15) is 9.90 Å². The average molecular weight is 294 g/mol. The summed E-state index contributed by atoms with van der Waals surface area (Å²) in [7, 11) is 0. The highest BCUT2D eigenvalue weighted by atomic mass is 32.1. The molecule has 1 saturated carbocycles. The van der Waals surface area contributed by atoms with Gasteiger partial charge in [-0.05, 0) is 32.6 Å². The molecule has 1 saturated heterocycles. The average Bonchev–Trinajstić information content (AvgIpc) is 3.17. The van der Waals surface area contributed by atoms with Gasteiger partial charge in [0.05, 0.1) is 23.4 Å². The Hall–Kier alpha value is -0.940. The van der Waals surface area contributed by atoms with Gasteiger partial charge in [0.2, 0.25) is 0 Å². The molecule has 1 atom stereocenters. The first-order chi connectivity index (χ1) is 9.70. The maximum Gasteiger partial charge on any atom is 0.266 e. The van der Waals surface area contributed by atoms with E-state index < -0.39 is 0 Å². The number of hydrogen-bond acceptors (Lipinski definition) is 4. The molecule has 2 heterocycles. The van der Waals surface area contributed by atoms with Crippen LogP contribution in [0.1, 0.15) is 64.8 Å². The van der Waals surface area contributed by atoms with Crippen molar-refractivity contribution in [3.05, 3.63) is 15.6 Å². The predicted molar refractivity (Wildman–Crippen MR) is 79.2 cm³/mol. The summed E-state index contributed by atoms with van der Waals surface area (Å²) in [5.74, 6) is 0.633. The van der Waals surface area contributed by atoms with Crippen LogP contribution in [0.15, 0.2) is 0 Å². The van der Waals surface area contributed by atoms with Crippen LogP contribution in [-0.2, 0) is 0 Å². The molecule has 0 bridgehead atoms. The summed E-state index contributed by atoms with van der Waals surface area (Å²) in [6, 6.07) is -0.000990. The molecular weight excluding hydrogens is 272 g/mol. The van der Waals surface area contributed by atoms with Gasteiger partial charge < -0.3 is 10.0 Å². The molecule has 1 aliphatic carbocycles. The molecule has 0 aromatic carbocycles. The summed E-state index contributed by atoms with van der Waals surface area (Å²) in [5.41, 5.74) is 0.866. The Morgan fingerprint density at radius 2 is 2.10 bits per heavy atom. The van der Waals surface area contributed by atoms with Crippen LogP contribution in [0.2, 0.25) is 0 Å². The zero-order valence-corrected chi connectivity index (χ0v) is 12.8. The first-order valence-corrected chi connectivity index (χ1v) is 8.41. The lowest BCUT2D eigenvalue weighted by atomic mass is 10.1. The summed E-state index contributed by atoms with van der Waals surface area (Å²) in [5, 5.41) is 10.5. The lowest BCUT2D eigenvalue weighted by molar-refractivity contribution is 0.0681.